The van der Waals surface area contributed by atoms with Gasteiger partial charge in [-0.15, -0.1) is 0 Å². The van der Waals surface area contributed by atoms with Crippen molar-refractivity contribution in [1.82, 2.24) is 15.0 Å². The number of aromatic nitrogens is 3. The normalized spacial score (nSPS) is 10.3. The molecule has 0 aliphatic carbocycles. The highest BCUT2D eigenvalue weighted by molar-refractivity contribution is 5.59. The summed E-state index contributed by atoms with van der Waals surface area (Å²) >= 11 is 0. The Labute approximate surface area is 115 Å². The molecule has 20 heavy (non-hydrogen) atoms. The summed E-state index contributed by atoms with van der Waals surface area (Å²) in [4.78, 5) is 11.8. The van der Waals surface area contributed by atoms with Crippen LogP contribution >= 0.6 is 0 Å². The Morgan fingerprint density at radius 2 is 2.00 bits per heavy atom. The average Bonchev–Trinajstić information content (AvgIpc) is 2.36. The molecule has 102 valence electrons. The van der Waals surface area contributed by atoms with Crippen LogP contribution in [0.1, 0.15) is 19.4 Å². The maximum absolute atomic E-state index is 13.4. The number of hydrogen-bond donors (Lipinski definition) is 1. The highest BCUT2D eigenvalue weighted by Gasteiger charge is 2.11. The molecule has 0 atom stereocenters. The number of nitrogens with zero attached hydrogens (tertiary/aromatic N) is 4. The molecule has 0 unspecified atom stereocenters. The Balaban J connectivity index is 2.49. The van der Waals surface area contributed by atoms with E-state index in [4.69, 9.17) is 15.7 Å². The summed E-state index contributed by atoms with van der Waals surface area (Å²) in [5.41, 5.74) is 6.09. The van der Waals surface area contributed by atoms with E-state index in [0.29, 0.717) is 5.56 Å². The van der Waals surface area contributed by atoms with Crippen molar-refractivity contribution in [2.24, 2.45) is 0 Å². The van der Waals surface area contributed by atoms with Gasteiger partial charge in [-0.25, -0.2) is 4.39 Å². The van der Waals surface area contributed by atoms with E-state index in [9.17, 15) is 4.39 Å². The Morgan fingerprint density at radius 3 is 2.65 bits per heavy atom. The number of ether oxygens (including phenoxy) is 1. The van der Waals surface area contributed by atoms with E-state index in [1.165, 1.54) is 12.1 Å². The molecule has 2 aromatic rings. The van der Waals surface area contributed by atoms with Crippen LogP contribution in [0.5, 0.6) is 6.01 Å². The standard InChI is InChI=1S/C13H12FN5O/c1-7(2)20-13-18-11(17-12(16)19-13)9-3-8(6-15)4-10(14)5-9/h3-5,7H,1-2H3,(H2,16,17,18,19). The average molecular weight is 273 g/mol. The largest absolute Gasteiger partial charge is 0.461 e. The quantitative estimate of drug-likeness (QED) is 0.917. The first-order valence-electron chi connectivity index (χ1n) is 5.87. The van der Waals surface area contributed by atoms with Gasteiger partial charge in [0.15, 0.2) is 5.82 Å². The predicted octanol–water partition coefficient (Wildman–Crippen LogP) is 1.92. The Bertz CT molecular complexity index is 681. The highest BCUT2D eigenvalue weighted by atomic mass is 19.1. The van der Waals surface area contributed by atoms with Gasteiger partial charge < -0.3 is 10.5 Å². The third-order valence-electron chi connectivity index (χ3n) is 2.26. The number of rotatable bonds is 3. The van der Waals surface area contributed by atoms with Crippen molar-refractivity contribution in [2.75, 3.05) is 5.73 Å². The number of nitrogen functional groups attached to an aromatic ring is 1. The maximum Gasteiger partial charge on any atom is 0.322 e. The van der Waals surface area contributed by atoms with E-state index >= 15 is 0 Å². The Kier molecular flexibility index (Phi) is 3.75. The fraction of sp³-hybridized carbons (Fsp3) is 0.231. The summed E-state index contributed by atoms with van der Waals surface area (Å²) in [6, 6.07) is 5.74. The van der Waals surface area contributed by atoms with Crippen LogP contribution in [-0.4, -0.2) is 21.1 Å². The molecule has 0 fully saturated rings. The molecule has 7 heteroatoms. The molecule has 2 N–H and O–H groups in total. The molecular formula is C13H12FN5O. The Morgan fingerprint density at radius 1 is 1.25 bits per heavy atom. The highest BCUT2D eigenvalue weighted by Crippen LogP contribution is 2.21. The van der Waals surface area contributed by atoms with Gasteiger partial charge in [0.2, 0.25) is 5.95 Å². The molecule has 0 spiro atoms. The van der Waals surface area contributed by atoms with Crippen LogP contribution in [0.25, 0.3) is 11.4 Å². The predicted molar refractivity (Wildman–Crippen MR) is 70.1 cm³/mol. The van der Waals surface area contributed by atoms with Gasteiger partial charge in [-0.3, -0.25) is 0 Å². The lowest BCUT2D eigenvalue weighted by Crippen LogP contribution is -2.11. The van der Waals surface area contributed by atoms with Gasteiger partial charge >= 0.3 is 6.01 Å². The smallest absolute Gasteiger partial charge is 0.322 e. The lowest BCUT2D eigenvalue weighted by molar-refractivity contribution is 0.222. The van der Waals surface area contributed by atoms with Crippen molar-refractivity contribution < 1.29 is 9.13 Å². The second-order valence-electron chi connectivity index (χ2n) is 4.31. The first kappa shape index (κ1) is 13.7. The third kappa shape index (κ3) is 3.17. The van der Waals surface area contributed by atoms with Crippen molar-refractivity contribution in [3.63, 3.8) is 0 Å². The molecule has 0 bridgehead atoms. The van der Waals surface area contributed by atoms with Crippen LogP contribution in [-0.2, 0) is 0 Å². The number of hydrogen-bond acceptors (Lipinski definition) is 6. The molecular weight excluding hydrogens is 261 g/mol. The lowest BCUT2D eigenvalue weighted by Gasteiger charge is -2.09. The van der Waals surface area contributed by atoms with Crippen LogP contribution < -0.4 is 10.5 Å². The van der Waals surface area contributed by atoms with E-state index in [1.54, 1.807) is 0 Å². The summed E-state index contributed by atoms with van der Waals surface area (Å²) in [5, 5.41) is 8.84. The van der Waals surface area contributed by atoms with Crippen molar-refractivity contribution in [2.45, 2.75) is 20.0 Å². The van der Waals surface area contributed by atoms with Crippen LogP contribution in [0.4, 0.5) is 10.3 Å². The minimum atomic E-state index is -0.552. The fourth-order valence-corrected chi connectivity index (χ4v) is 1.55. The van der Waals surface area contributed by atoms with E-state index < -0.39 is 5.82 Å². The SMILES string of the molecule is CC(C)Oc1nc(N)nc(-c2cc(F)cc(C#N)c2)n1. The van der Waals surface area contributed by atoms with Crippen LogP contribution in [0.3, 0.4) is 0 Å². The zero-order chi connectivity index (χ0) is 14.7. The fourth-order valence-electron chi connectivity index (χ4n) is 1.55. The van der Waals surface area contributed by atoms with Gasteiger partial charge in [-0.05, 0) is 32.0 Å². The van der Waals surface area contributed by atoms with Gasteiger partial charge in [-0.2, -0.15) is 20.2 Å². The zero-order valence-corrected chi connectivity index (χ0v) is 11.0. The van der Waals surface area contributed by atoms with Gasteiger partial charge in [0, 0.05) is 5.56 Å². The first-order chi connectivity index (χ1) is 9.47. The number of anilines is 1. The molecule has 0 saturated heterocycles. The van der Waals surface area contributed by atoms with Gasteiger partial charge in [0.1, 0.15) is 5.82 Å². The number of halogens is 1. The van der Waals surface area contributed by atoms with Crippen LogP contribution in [0.2, 0.25) is 0 Å². The molecule has 1 heterocycles. The monoisotopic (exact) mass is 273 g/mol. The van der Waals surface area contributed by atoms with Gasteiger partial charge in [-0.1, -0.05) is 0 Å². The summed E-state index contributed by atoms with van der Waals surface area (Å²) < 4.78 is 18.8. The molecule has 6 nitrogen and oxygen atoms in total. The van der Waals surface area contributed by atoms with Crippen LogP contribution in [0.15, 0.2) is 18.2 Å². The minimum Gasteiger partial charge on any atom is -0.461 e. The van der Waals surface area contributed by atoms with E-state index in [1.807, 2.05) is 19.9 Å². The summed E-state index contributed by atoms with van der Waals surface area (Å²) in [5.74, 6) is -0.429. The second-order valence-corrected chi connectivity index (χ2v) is 4.31. The summed E-state index contributed by atoms with van der Waals surface area (Å²) in [6.07, 6.45) is -0.133. The minimum absolute atomic E-state index is 0.0339. The molecule has 0 aliphatic heterocycles. The summed E-state index contributed by atoms with van der Waals surface area (Å²) in [7, 11) is 0. The number of nitrogens with two attached hydrogens (primary N) is 1. The second kappa shape index (κ2) is 5.48. The van der Waals surface area contributed by atoms with Gasteiger partial charge in [0.05, 0.1) is 17.7 Å². The molecule has 0 aliphatic rings. The van der Waals surface area contributed by atoms with Crippen LogP contribution in [0, 0.1) is 17.1 Å². The number of benzene rings is 1. The molecule has 0 radical (unpaired) electrons. The molecule has 1 aromatic heterocycles. The first-order valence-corrected chi connectivity index (χ1v) is 5.87. The van der Waals surface area contributed by atoms with E-state index in [2.05, 4.69) is 15.0 Å². The topological polar surface area (TPSA) is 97.7 Å². The molecule has 0 saturated carbocycles. The van der Waals surface area contributed by atoms with Crippen molar-refractivity contribution in [3.8, 4) is 23.5 Å². The van der Waals surface area contributed by atoms with Crippen molar-refractivity contribution in [3.05, 3.63) is 29.6 Å². The molecule has 2 rings (SSSR count). The van der Waals surface area contributed by atoms with E-state index in [-0.39, 0.29) is 29.5 Å². The molecule has 0 amide bonds. The van der Waals surface area contributed by atoms with Crippen molar-refractivity contribution >= 4 is 5.95 Å². The Hall–Kier alpha value is -2.75. The lowest BCUT2D eigenvalue weighted by atomic mass is 10.1. The van der Waals surface area contributed by atoms with E-state index in [0.717, 1.165) is 6.07 Å². The molecule has 1 aromatic carbocycles. The maximum atomic E-state index is 13.4. The number of nitriles is 1. The zero-order valence-electron chi connectivity index (χ0n) is 11.0. The van der Waals surface area contributed by atoms with Crippen molar-refractivity contribution in [1.29, 1.82) is 5.26 Å². The third-order valence-corrected chi connectivity index (χ3v) is 2.26. The van der Waals surface area contributed by atoms with Gasteiger partial charge in [0.25, 0.3) is 0 Å². The summed E-state index contributed by atoms with van der Waals surface area (Å²) in [6.45, 7) is 3.63.